The summed E-state index contributed by atoms with van der Waals surface area (Å²) in [6.45, 7) is 12.3. The lowest BCUT2D eigenvalue weighted by molar-refractivity contribution is 1.11. The van der Waals surface area contributed by atoms with Crippen LogP contribution in [0.4, 0.5) is 0 Å². The average Bonchev–Trinajstić information content (AvgIpc) is 1.59. The van der Waals surface area contributed by atoms with Gasteiger partial charge in [0, 0.05) is 140 Å². The molecule has 120 heavy (non-hydrogen) atoms. The molecule has 12 heterocycles. The van der Waals surface area contributed by atoms with Gasteiger partial charge in [-0.05, 0) is 199 Å². The van der Waals surface area contributed by atoms with Crippen LogP contribution in [0.5, 0.6) is 0 Å². The molecule has 576 valence electrons. The molecule has 12 aromatic heterocycles. The molecule has 0 aliphatic carbocycles. The normalized spacial score (nSPS) is 11.2. The van der Waals surface area contributed by atoms with E-state index in [2.05, 4.69) is 401 Å². The molecule has 12 heteroatoms. The van der Waals surface area contributed by atoms with Crippen LogP contribution in [0.15, 0.2) is 401 Å². The average molecular weight is 1550 g/mol. The molecule has 12 nitrogen and oxygen atoms in total. The molecule has 0 radical (unpaired) electrons. The summed E-state index contributed by atoms with van der Waals surface area (Å²) in [4.78, 5) is 27.3. The van der Waals surface area contributed by atoms with Gasteiger partial charge < -0.3 is 22.8 Å². The Labute approximate surface area is 694 Å². The highest BCUT2D eigenvalue weighted by molar-refractivity contribution is 6.14. The van der Waals surface area contributed by atoms with E-state index in [0.717, 1.165) is 62.0 Å². The first-order valence-electron chi connectivity index (χ1n) is 40.6. The van der Waals surface area contributed by atoms with E-state index < -0.39 is 0 Å². The van der Waals surface area contributed by atoms with Gasteiger partial charge in [-0.15, -0.1) is 0 Å². The lowest BCUT2D eigenvalue weighted by Gasteiger charge is -2.08. The Kier molecular flexibility index (Phi) is 20.2. The highest BCUT2D eigenvalue weighted by Crippen LogP contribution is 2.39. The molecule has 0 spiro atoms. The monoisotopic (exact) mass is 1550 g/mol. The van der Waals surface area contributed by atoms with Crippen molar-refractivity contribution in [1.29, 1.82) is 0 Å². The molecule has 0 bridgehead atoms. The van der Waals surface area contributed by atoms with Crippen molar-refractivity contribution < 1.29 is 0 Å². The van der Waals surface area contributed by atoms with Gasteiger partial charge in [-0.3, -0.25) is 29.5 Å². The minimum atomic E-state index is 1.03. The van der Waals surface area contributed by atoms with E-state index in [1.54, 1.807) is 0 Å². The van der Waals surface area contributed by atoms with E-state index in [9.17, 15) is 0 Å². The third-order valence-corrected chi connectivity index (χ3v) is 22.3. The number of nitrogens with zero attached hydrogens (tertiary/aromatic N) is 12. The van der Waals surface area contributed by atoms with Gasteiger partial charge in [-0.1, -0.05) is 218 Å². The Balaban J connectivity index is 0.0000000952. The van der Waals surface area contributed by atoms with Crippen LogP contribution in [-0.4, -0.2) is 57.3 Å². The topological polar surface area (TPSA) is 107 Å². The van der Waals surface area contributed by atoms with Gasteiger partial charge in [0.05, 0.1) is 78.1 Å². The molecule has 24 aromatic rings. The maximum atomic E-state index is 4.75. The molecular formula is C108H84N12. The minimum Gasteiger partial charge on any atom is -0.309 e. The Hall–Kier alpha value is -15.7. The predicted molar refractivity (Wildman–Crippen MR) is 500 cm³/mol. The maximum Gasteiger partial charge on any atom is 0.145 e. The number of benzene rings is 12. The number of aromatic nitrogens is 12. The lowest BCUT2D eigenvalue weighted by atomic mass is 10.1. The minimum absolute atomic E-state index is 1.03. The molecule has 0 amide bonds. The summed E-state index contributed by atoms with van der Waals surface area (Å²) in [6, 6.07) is 131. The second kappa shape index (κ2) is 32.6. The van der Waals surface area contributed by atoms with Crippen molar-refractivity contribution >= 4 is 131 Å². The molecule has 0 N–H and O–H groups in total. The van der Waals surface area contributed by atoms with Crippen LogP contribution >= 0.6 is 0 Å². The number of hydrogen-bond donors (Lipinski definition) is 0. The van der Waals surface area contributed by atoms with Crippen LogP contribution in [0.3, 0.4) is 0 Å². The van der Waals surface area contributed by atoms with Crippen LogP contribution in [0.2, 0.25) is 0 Å². The fraction of sp³-hybridized carbons (Fsp3) is 0.0556. The van der Waals surface area contributed by atoms with Gasteiger partial charge in [0.2, 0.25) is 0 Å². The first-order chi connectivity index (χ1) is 59.1. The molecule has 0 atom stereocenters. The summed E-state index contributed by atoms with van der Waals surface area (Å²) in [7, 11) is 0. The second-order valence-corrected chi connectivity index (χ2v) is 30.0. The van der Waals surface area contributed by atoms with Crippen molar-refractivity contribution in [2.75, 3.05) is 0 Å². The summed E-state index contributed by atoms with van der Waals surface area (Å²) in [5, 5.41) is 13.7. The maximum absolute atomic E-state index is 4.75. The molecule has 0 aliphatic rings. The Bertz CT molecular complexity index is 7430. The van der Waals surface area contributed by atoms with Gasteiger partial charge in [0.15, 0.2) is 0 Å². The van der Waals surface area contributed by atoms with Crippen LogP contribution in [0, 0.1) is 41.5 Å². The van der Waals surface area contributed by atoms with Crippen molar-refractivity contribution in [3.05, 3.63) is 435 Å². The summed E-state index contributed by atoms with van der Waals surface area (Å²) in [5.74, 6) is 0. The molecule has 0 saturated carbocycles. The van der Waals surface area contributed by atoms with Gasteiger partial charge in [0.1, 0.15) is 5.65 Å². The van der Waals surface area contributed by atoms with E-state index in [0.29, 0.717) is 0 Å². The zero-order chi connectivity index (χ0) is 81.2. The molecule has 0 unspecified atom stereocenters. The lowest BCUT2D eigenvalue weighted by Crippen LogP contribution is -1.95. The highest BCUT2D eigenvalue weighted by Gasteiger charge is 2.20. The summed E-state index contributed by atoms with van der Waals surface area (Å²) >= 11 is 0. The van der Waals surface area contributed by atoms with Crippen molar-refractivity contribution in [1.82, 2.24) is 57.3 Å². The predicted octanol–water partition coefficient (Wildman–Crippen LogP) is 26.9. The number of hydrogen-bond acceptors (Lipinski definition) is 6. The highest BCUT2D eigenvalue weighted by atomic mass is 15.1. The third kappa shape index (κ3) is 14.0. The quantitative estimate of drug-likeness (QED) is 0.164. The molecule has 24 rings (SSSR count). The van der Waals surface area contributed by atoms with Crippen molar-refractivity contribution in [3.8, 4) is 34.1 Å². The number of fused-ring (bicyclic) bond motifs is 18. The van der Waals surface area contributed by atoms with E-state index in [4.69, 9.17) is 9.97 Å². The molecular weight excluding hydrogens is 1470 g/mol. The van der Waals surface area contributed by atoms with Gasteiger partial charge in [-0.2, -0.15) is 0 Å². The first kappa shape index (κ1) is 74.4. The van der Waals surface area contributed by atoms with Crippen molar-refractivity contribution in [2.45, 2.75) is 41.5 Å². The Morgan fingerprint density at radius 2 is 0.550 bits per heavy atom. The largest absolute Gasteiger partial charge is 0.309 e. The first-order valence-corrected chi connectivity index (χ1v) is 40.6. The van der Waals surface area contributed by atoms with Crippen LogP contribution in [0.25, 0.3) is 165 Å². The van der Waals surface area contributed by atoms with Gasteiger partial charge >= 0.3 is 0 Å². The van der Waals surface area contributed by atoms with Crippen molar-refractivity contribution in [2.24, 2.45) is 0 Å². The van der Waals surface area contributed by atoms with E-state index in [1.165, 1.54) is 137 Å². The molecule has 0 saturated heterocycles. The van der Waals surface area contributed by atoms with E-state index in [-0.39, 0.29) is 0 Å². The van der Waals surface area contributed by atoms with E-state index >= 15 is 0 Å². The van der Waals surface area contributed by atoms with Gasteiger partial charge in [-0.25, -0.2) is 4.98 Å². The number of aryl methyl sites for hydroxylation is 6. The summed E-state index contributed by atoms with van der Waals surface area (Å²) in [5.41, 5.74) is 28.7. The zero-order valence-electron chi connectivity index (χ0n) is 67.5. The Morgan fingerprint density at radius 1 is 0.192 bits per heavy atom. The van der Waals surface area contributed by atoms with Crippen molar-refractivity contribution in [3.63, 3.8) is 0 Å². The SMILES string of the molecule is Cc1cc2c(cn1)c1ccccc1n2-c1ccccc1.Cc1cc2c3ccccc3n(-c3ccccc3)c2cn1.Cc1ccc2c(n1)c1ccccc1n2-c1ccccc1.Cc1ccc2c3ccccc3n(-c3ccccc3)c2n1.Cc1nccc2c1c1ccccc1n2-c1ccccc1.Cc1nccc2c3ccccc3n(-c3ccccc3)c12. The molecule has 0 fully saturated rings. The molecule has 12 aromatic carbocycles. The van der Waals surface area contributed by atoms with Crippen LogP contribution in [0.1, 0.15) is 34.2 Å². The Morgan fingerprint density at radius 3 is 1.09 bits per heavy atom. The van der Waals surface area contributed by atoms with Crippen LogP contribution in [-0.2, 0) is 0 Å². The summed E-state index contributed by atoms with van der Waals surface area (Å²) in [6.07, 6.45) is 7.72. The number of rotatable bonds is 6. The number of para-hydroxylation sites is 12. The third-order valence-electron chi connectivity index (χ3n) is 22.3. The standard InChI is InChI=1S/6C18H14N2/c1-13-11-18-16(12-19-13)15-9-5-6-10-17(15)20(18)14-7-3-2-4-8-14;1-13-11-16-15-9-5-6-10-17(15)20(18(16)12-19-13)14-7-3-2-4-8-14;1-13-18-16(11-12-19-13)15-9-5-6-10-17(15)20(18)14-7-3-2-4-8-14;1-13-18-15-9-5-6-10-16(15)20(17(18)11-12-19-13)14-7-3-2-4-8-14;1-13-11-12-16-15-9-5-6-10-17(15)20(18(16)19-13)14-7-3-2-4-8-14;1-13-11-12-17-18(19-13)15-9-5-6-10-16(15)20(17)14-7-3-2-4-8-14/h6*2-12H,1H3. The summed E-state index contributed by atoms with van der Waals surface area (Å²) < 4.78 is 13.7. The van der Waals surface area contributed by atoms with Gasteiger partial charge in [0.25, 0.3) is 0 Å². The number of pyridine rings is 6. The molecule has 0 aliphatic heterocycles. The smallest absolute Gasteiger partial charge is 0.145 e. The van der Waals surface area contributed by atoms with E-state index in [1.807, 2.05) is 88.9 Å². The zero-order valence-corrected chi connectivity index (χ0v) is 67.5. The fourth-order valence-corrected chi connectivity index (χ4v) is 17.1. The second-order valence-electron chi connectivity index (χ2n) is 30.0. The fourth-order valence-electron chi connectivity index (χ4n) is 17.1. The van der Waals surface area contributed by atoms with Crippen LogP contribution < -0.4 is 0 Å².